The molecule has 2 aromatic rings. The zero-order chi connectivity index (χ0) is 15.2. The molecule has 1 heterocycles. The van der Waals surface area contributed by atoms with Gasteiger partial charge in [0.2, 0.25) is 0 Å². The highest BCUT2D eigenvalue weighted by Gasteiger charge is 2.11. The highest BCUT2D eigenvalue weighted by Crippen LogP contribution is 2.27. The molecule has 110 valence electrons. The summed E-state index contributed by atoms with van der Waals surface area (Å²) in [6, 6.07) is 11.1. The van der Waals surface area contributed by atoms with E-state index < -0.39 is 0 Å². The average Bonchev–Trinajstić information content (AvgIpc) is 2.46. The molecule has 21 heavy (non-hydrogen) atoms. The summed E-state index contributed by atoms with van der Waals surface area (Å²) in [6.07, 6.45) is 0. The van der Waals surface area contributed by atoms with E-state index in [2.05, 4.69) is 29.4 Å². The number of aryl methyl sites for hydroxylation is 1. The minimum Gasteiger partial charge on any atom is -0.370 e. The monoisotopic (exact) mass is 303 g/mol. The molecule has 0 aliphatic heterocycles. The maximum Gasteiger partial charge on any atom is 0.275 e. The van der Waals surface area contributed by atoms with Gasteiger partial charge in [-0.2, -0.15) is 0 Å². The summed E-state index contributed by atoms with van der Waals surface area (Å²) in [5, 5.41) is 14.7. The first-order chi connectivity index (χ1) is 10.1. The minimum absolute atomic E-state index is 0.0632. The fourth-order valence-electron chi connectivity index (χ4n) is 1.87. The van der Waals surface area contributed by atoms with Gasteiger partial charge in [-0.1, -0.05) is 24.3 Å². The van der Waals surface area contributed by atoms with Crippen LogP contribution in [0, 0.1) is 17.0 Å². The lowest BCUT2D eigenvalue weighted by atomic mass is 10.1. The molecule has 6 heteroatoms. The van der Waals surface area contributed by atoms with E-state index >= 15 is 0 Å². The quantitative estimate of drug-likeness (QED) is 0.496. The first kappa shape index (κ1) is 15.3. The molecular weight excluding hydrogens is 286 g/mol. The number of nitro groups is 1. The van der Waals surface area contributed by atoms with Crippen molar-refractivity contribution in [3.05, 3.63) is 57.6 Å². The van der Waals surface area contributed by atoms with Gasteiger partial charge < -0.3 is 5.32 Å². The number of pyridine rings is 1. The zero-order valence-electron chi connectivity index (χ0n) is 12.0. The van der Waals surface area contributed by atoms with E-state index in [4.69, 9.17) is 0 Å². The molecule has 1 aromatic carbocycles. The van der Waals surface area contributed by atoms with Crippen molar-refractivity contribution in [2.75, 3.05) is 11.9 Å². The molecular formula is C15H17N3O2S. The summed E-state index contributed by atoms with van der Waals surface area (Å²) in [5.74, 6) is 1.28. The van der Waals surface area contributed by atoms with Gasteiger partial charge in [-0.3, -0.25) is 10.1 Å². The Bertz CT molecular complexity index is 647. The highest BCUT2D eigenvalue weighted by atomic mass is 32.2. The average molecular weight is 303 g/mol. The lowest BCUT2D eigenvalue weighted by Crippen LogP contribution is -2.01. The molecule has 5 nitrogen and oxygen atoms in total. The van der Waals surface area contributed by atoms with E-state index in [1.165, 1.54) is 35.0 Å². The summed E-state index contributed by atoms with van der Waals surface area (Å²) >= 11 is 1.50. The Kier molecular flexibility index (Phi) is 5.16. The summed E-state index contributed by atoms with van der Waals surface area (Å²) in [7, 11) is 0. The lowest BCUT2D eigenvalue weighted by molar-refractivity contribution is -0.385. The fourth-order valence-corrected chi connectivity index (χ4v) is 2.86. The van der Waals surface area contributed by atoms with Gasteiger partial charge >= 0.3 is 0 Å². The molecule has 2 rings (SSSR count). The van der Waals surface area contributed by atoms with Gasteiger partial charge in [0.1, 0.15) is 10.8 Å². The largest absolute Gasteiger partial charge is 0.370 e. The van der Waals surface area contributed by atoms with Crippen LogP contribution in [0.4, 0.5) is 11.5 Å². The van der Waals surface area contributed by atoms with E-state index in [1.54, 1.807) is 0 Å². The van der Waals surface area contributed by atoms with Crippen LogP contribution in [0.2, 0.25) is 0 Å². The summed E-state index contributed by atoms with van der Waals surface area (Å²) < 4.78 is 0. The van der Waals surface area contributed by atoms with E-state index in [0.717, 1.165) is 5.75 Å². The van der Waals surface area contributed by atoms with Crippen molar-refractivity contribution in [3.63, 3.8) is 0 Å². The second-order valence-corrected chi connectivity index (χ2v) is 5.55. The lowest BCUT2D eigenvalue weighted by Gasteiger charge is -2.07. The van der Waals surface area contributed by atoms with Crippen LogP contribution in [0.15, 0.2) is 41.4 Å². The molecule has 1 N–H and O–H groups in total. The van der Waals surface area contributed by atoms with Crippen molar-refractivity contribution >= 4 is 23.3 Å². The fraction of sp³-hybridized carbons (Fsp3) is 0.267. The predicted octanol–water partition coefficient (Wildman–Crippen LogP) is 4.02. The van der Waals surface area contributed by atoms with Gasteiger partial charge in [0.05, 0.1) is 11.0 Å². The van der Waals surface area contributed by atoms with Gasteiger partial charge in [0, 0.05) is 18.4 Å². The Labute approximate surface area is 127 Å². The number of nitrogens with zero attached hydrogens (tertiary/aromatic N) is 2. The standard InChI is InChI=1S/C15H17N3O2S/c1-3-16-14-8-13(18(19)20)9-15(17-14)21-10-12-7-5-4-6-11(12)2/h4-9H,3,10H2,1-2H3,(H,16,17). The second kappa shape index (κ2) is 7.08. The molecule has 0 aliphatic rings. The third-order valence-electron chi connectivity index (χ3n) is 2.99. The molecule has 0 aliphatic carbocycles. The van der Waals surface area contributed by atoms with E-state index in [1.807, 2.05) is 19.1 Å². The minimum atomic E-state index is -0.389. The number of hydrogen-bond donors (Lipinski definition) is 1. The molecule has 0 bridgehead atoms. The Morgan fingerprint density at radius 1 is 1.33 bits per heavy atom. The van der Waals surface area contributed by atoms with Gasteiger partial charge in [0.25, 0.3) is 5.69 Å². The van der Waals surface area contributed by atoms with Crippen LogP contribution in [0.1, 0.15) is 18.1 Å². The molecule has 0 saturated carbocycles. The number of thioether (sulfide) groups is 1. The van der Waals surface area contributed by atoms with Crippen LogP contribution >= 0.6 is 11.8 Å². The predicted molar refractivity (Wildman–Crippen MR) is 85.8 cm³/mol. The number of anilines is 1. The summed E-state index contributed by atoms with van der Waals surface area (Å²) in [5.41, 5.74) is 2.48. The number of rotatable bonds is 6. The van der Waals surface area contributed by atoms with Gasteiger partial charge in [-0.05, 0) is 25.0 Å². The number of nitrogens with one attached hydrogen (secondary N) is 1. The van der Waals surface area contributed by atoms with Crippen LogP contribution in [0.5, 0.6) is 0 Å². The third-order valence-corrected chi connectivity index (χ3v) is 3.95. The first-order valence-corrected chi connectivity index (χ1v) is 7.66. The first-order valence-electron chi connectivity index (χ1n) is 6.68. The molecule has 0 fully saturated rings. The zero-order valence-corrected chi connectivity index (χ0v) is 12.8. The molecule has 0 atom stereocenters. The van der Waals surface area contributed by atoms with Crippen molar-refractivity contribution in [1.29, 1.82) is 0 Å². The molecule has 0 amide bonds. The Hall–Kier alpha value is -2.08. The van der Waals surface area contributed by atoms with E-state index in [0.29, 0.717) is 17.4 Å². The van der Waals surface area contributed by atoms with Crippen molar-refractivity contribution in [1.82, 2.24) is 4.98 Å². The second-order valence-electron chi connectivity index (χ2n) is 4.55. The number of aromatic nitrogens is 1. The summed E-state index contributed by atoms with van der Waals surface area (Å²) in [6.45, 7) is 4.66. The Balaban J connectivity index is 2.19. The number of hydrogen-bond acceptors (Lipinski definition) is 5. The van der Waals surface area contributed by atoms with Crippen molar-refractivity contribution in [2.24, 2.45) is 0 Å². The highest BCUT2D eigenvalue weighted by molar-refractivity contribution is 7.98. The van der Waals surface area contributed by atoms with Crippen LogP contribution in [0.25, 0.3) is 0 Å². The van der Waals surface area contributed by atoms with E-state index in [9.17, 15) is 10.1 Å². The Morgan fingerprint density at radius 2 is 2.10 bits per heavy atom. The van der Waals surface area contributed by atoms with Crippen molar-refractivity contribution < 1.29 is 4.92 Å². The summed E-state index contributed by atoms with van der Waals surface area (Å²) in [4.78, 5) is 15.0. The van der Waals surface area contributed by atoms with Gasteiger partial charge in [-0.15, -0.1) is 11.8 Å². The van der Waals surface area contributed by atoms with E-state index in [-0.39, 0.29) is 10.6 Å². The normalized spacial score (nSPS) is 10.4. The smallest absolute Gasteiger partial charge is 0.275 e. The maximum absolute atomic E-state index is 11.0. The van der Waals surface area contributed by atoms with Gasteiger partial charge in [0.15, 0.2) is 0 Å². The SMILES string of the molecule is CCNc1cc([N+](=O)[O-])cc(SCc2ccccc2C)n1. The number of benzene rings is 1. The molecule has 1 aromatic heterocycles. The van der Waals surface area contributed by atoms with Crippen molar-refractivity contribution in [2.45, 2.75) is 24.6 Å². The van der Waals surface area contributed by atoms with Crippen LogP contribution in [0.3, 0.4) is 0 Å². The van der Waals surface area contributed by atoms with Crippen LogP contribution < -0.4 is 5.32 Å². The van der Waals surface area contributed by atoms with Crippen molar-refractivity contribution in [3.8, 4) is 0 Å². The maximum atomic E-state index is 11.0. The van der Waals surface area contributed by atoms with Crippen LogP contribution in [-0.2, 0) is 5.75 Å². The van der Waals surface area contributed by atoms with Gasteiger partial charge in [-0.25, -0.2) is 4.98 Å². The van der Waals surface area contributed by atoms with Crippen LogP contribution in [-0.4, -0.2) is 16.5 Å². The topological polar surface area (TPSA) is 68.1 Å². The molecule has 0 spiro atoms. The molecule has 0 unspecified atom stereocenters. The molecule has 0 saturated heterocycles. The Morgan fingerprint density at radius 3 is 2.76 bits per heavy atom. The molecule has 0 radical (unpaired) electrons. The third kappa shape index (κ3) is 4.19.